The fourth-order valence-electron chi connectivity index (χ4n) is 3.08. The van der Waals surface area contributed by atoms with Crippen LogP contribution in [0.2, 0.25) is 0 Å². The molecular weight excluding hydrogens is 394 g/mol. The number of hydrogen-bond donors (Lipinski definition) is 1. The van der Waals surface area contributed by atoms with Crippen LogP contribution in [0.15, 0.2) is 71.3 Å². The molecule has 0 saturated heterocycles. The largest absolute Gasteiger partial charge is 0.497 e. The van der Waals surface area contributed by atoms with Crippen molar-refractivity contribution in [3.63, 3.8) is 0 Å². The molecule has 4 rings (SSSR count). The molecule has 0 spiro atoms. The second-order valence-electron chi connectivity index (χ2n) is 5.87. The van der Waals surface area contributed by atoms with E-state index in [0.29, 0.717) is 17.0 Å². The Labute approximate surface area is 159 Å². The van der Waals surface area contributed by atoms with Crippen molar-refractivity contribution in [1.82, 2.24) is 4.98 Å². The zero-order valence-electron chi connectivity index (χ0n) is 14.0. The number of aromatic nitrogens is 1. The summed E-state index contributed by atoms with van der Waals surface area (Å²) in [6.45, 7) is 0. The first-order valence-corrected chi connectivity index (χ1v) is 8.91. The minimum absolute atomic E-state index is 0.0890. The van der Waals surface area contributed by atoms with Crippen molar-refractivity contribution in [2.24, 2.45) is 0 Å². The number of amides is 1. The first-order valence-electron chi connectivity index (χ1n) is 8.12. The fraction of sp³-hybridized carbons (Fsp3) is 0.100. The van der Waals surface area contributed by atoms with Gasteiger partial charge in [-0.2, -0.15) is 0 Å². The summed E-state index contributed by atoms with van der Waals surface area (Å²) in [4.78, 5) is 19.2. The maximum atomic E-state index is 13.1. The summed E-state index contributed by atoms with van der Waals surface area (Å²) < 4.78 is 6.28. The summed E-state index contributed by atoms with van der Waals surface area (Å²) in [7, 11) is 1.61. The number of nitrogens with one attached hydrogen (secondary N) is 1. The number of anilines is 2. The van der Waals surface area contributed by atoms with Crippen molar-refractivity contribution in [2.45, 2.75) is 6.17 Å². The highest BCUT2D eigenvalue weighted by molar-refractivity contribution is 9.10. The number of pyridine rings is 1. The zero-order chi connectivity index (χ0) is 18.1. The molecule has 1 aromatic heterocycles. The van der Waals surface area contributed by atoms with Gasteiger partial charge in [0.15, 0.2) is 6.17 Å². The molecule has 26 heavy (non-hydrogen) atoms. The molecule has 1 aliphatic heterocycles. The van der Waals surface area contributed by atoms with Crippen molar-refractivity contribution >= 4 is 33.2 Å². The molecule has 5 nitrogen and oxygen atoms in total. The van der Waals surface area contributed by atoms with E-state index < -0.39 is 6.17 Å². The molecule has 1 N–H and O–H groups in total. The second-order valence-corrected chi connectivity index (χ2v) is 6.79. The third kappa shape index (κ3) is 2.93. The number of benzene rings is 2. The Hall–Kier alpha value is -2.86. The van der Waals surface area contributed by atoms with Gasteiger partial charge >= 0.3 is 0 Å². The third-order valence-corrected chi connectivity index (χ3v) is 4.76. The number of rotatable bonds is 4. The minimum atomic E-state index is -0.403. The number of halogens is 1. The molecule has 2 aromatic carbocycles. The van der Waals surface area contributed by atoms with E-state index in [-0.39, 0.29) is 5.91 Å². The summed E-state index contributed by atoms with van der Waals surface area (Å²) >= 11 is 3.48. The van der Waals surface area contributed by atoms with Gasteiger partial charge in [0.25, 0.3) is 5.91 Å². The van der Waals surface area contributed by atoms with Crippen molar-refractivity contribution < 1.29 is 9.53 Å². The number of ether oxygens (including phenoxy) is 1. The molecule has 1 amide bonds. The topological polar surface area (TPSA) is 54.5 Å². The van der Waals surface area contributed by atoms with Crippen LogP contribution in [-0.2, 0) is 0 Å². The number of carbonyl (C=O) groups excluding carboxylic acids is 1. The Kier molecular flexibility index (Phi) is 4.34. The second kappa shape index (κ2) is 6.80. The van der Waals surface area contributed by atoms with Crippen LogP contribution in [0, 0.1) is 0 Å². The molecular formula is C20H16BrN3O2. The fourth-order valence-corrected chi connectivity index (χ4v) is 3.48. The van der Waals surface area contributed by atoms with E-state index in [4.69, 9.17) is 4.74 Å². The molecule has 2 heterocycles. The Balaban J connectivity index is 1.79. The van der Waals surface area contributed by atoms with E-state index in [1.54, 1.807) is 30.3 Å². The summed E-state index contributed by atoms with van der Waals surface area (Å²) in [6.07, 6.45) is 1.30. The summed E-state index contributed by atoms with van der Waals surface area (Å²) in [5, 5.41) is 3.43. The van der Waals surface area contributed by atoms with E-state index in [0.717, 1.165) is 15.8 Å². The third-order valence-electron chi connectivity index (χ3n) is 4.26. The van der Waals surface area contributed by atoms with Crippen LogP contribution >= 0.6 is 15.9 Å². The minimum Gasteiger partial charge on any atom is -0.497 e. The molecule has 1 aliphatic rings. The number of carbonyl (C=O) groups is 1. The average Bonchev–Trinajstić information content (AvgIpc) is 2.94. The molecule has 0 aliphatic carbocycles. The quantitative estimate of drug-likeness (QED) is 0.682. The van der Waals surface area contributed by atoms with Crippen LogP contribution in [-0.4, -0.2) is 18.0 Å². The molecule has 0 fully saturated rings. The first kappa shape index (κ1) is 16.6. The molecule has 0 unspecified atom stereocenters. The number of methoxy groups -OCH3 is 1. The normalized spacial score (nSPS) is 15.7. The highest BCUT2D eigenvalue weighted by atomic mass is 79.9. The van der Waals surface area contributed by atoms with Crippen LogP contribution in [0.3, 0.4) is 0 Å². The van der Waals surface area contributed by atoms with Gasteiger partial charge in [0.1, 0.15) is 5.75 Å². The van der Waals surface area contributed by atoms with Gasteiger partial charge in [-0.05, 0) is 42.5 Å². The van der Waals surface area contributed by atoms with Crippen LogP contribution in [0.25, 0.3) is 0 Å². The zero-order valence-corrected chi connectivity index (χ0v) is 15.6. The van der Waals surface area contributed by atoms with Gasteiger partial charge in [-0.1, -0.05) is 28.1 Å². The maximum absolute atomic E-state index is 13.1. The number of fused-ring (bicyclic) bond motifs is 1. The van der Waals surface area contributed by atoms with E-state index in [9.17, 15) is 4.79 Å². The Morgan fingerprint density at radius 3 is 2.77 bits per heavy atom. The first-order chi connectivity index (χ1) is 12.7. The highest BCUT2D eigenvalue weighted by Gasteiger charge is 2.39. The summed E-state index contributed by atoms with van der Waals surface area (Å²) in [5.41, 5.74) is 2.95. The van der Waals surface area contributed by atoms with Crippen molar-refractivity contribution in [2.75, 3.05) is 17.3 Å². The molecule has 3 aromatic rings. The van der Waals surface area contributed by atoms with Gasteiger partial charge in [0, 0.05) is 22.4 Å². The maximum Gasteiger partial charge on any atom is 0.262 e. The van der Waals surface area contributed by atoms with E-state index in [1.807, 2.05) is 48.5 Å². The standard InChI is InChI=1S/C20H16BrN3O2/c1-26-16-8-3-7-15(12-16)24-19(23-14-6-2-5-13(21)11-14)18-17(20(24)25)9-4-10-22-18/h2-12,19,23H,1H3/t19-/m1/s1. The average molecular weight is 410 g/mol. The Bertz CT molecular complexity index is 977. The van der Waals surface area contributed by atoms with Crippen molar-refractivity contribution in [3.05, 3.63) is 82.6 Å². The van der Waals surface area contributed by atoms with Gasteiger partial charge in [0.2, 0.25) is 0 Å². The monoisotopic (exact) mass is 409 g/mol. The van der Waals surface area contributed by atoms with Gasteiger partial charge < -0.3 is 10.1 Å². The lowest BCUT2D eigenvalue weighted by Gasteiger charge is -2.27. The highest BCUT2D eigenvalue weighted by Crippen LogP contribution is 2.38. The number of hydrogen-bond acceptors (Lipinski definition) is 4. The van der Waals surface area contributed by atoms with Gasteiger partial charge in [-0.3, -0.25) is 14.7 Å². The Morgan fingerprint density at radius 1 is 1.12 bits per heavy atom. The number of nitrogens with zero attached hydrogens (tertiary/aromatic N) is 2. The Morgan fingerprint density at radius 2 is 1.96 bits per heavy atom. The van der Waals surface area contributed by atoms with Gasteiger partial charge in [0.05, 0.1) is 24.1 Å². The molecule has 0 radical (unpaired) electrons. The molecule has 0 bridgehead atoms. The van der Waals surface area contributed by atoms with Crippen LogP contribution in [0.5, 0.6) is 5.75 Å². The van der Waals surface area contributed by atoms with E-state index >= 15 is 0 Å². The van der Waals surface area contributed by atoms with E-state index in [2.05, 4.69) is 26.2 Å². The predicted octanol–water partition coefficient (Wildman–Crippen LogP) is 4.62. The lowest BCUT2D eigenvalue weighted by molar-refractivity contribution is 0.0993. The summed E-state index contributed by atoms with van der Waals surface area (Å²) in [5.74, 6) is 0.606. The molecule has 6 heteroatoms. The SMILES string of the molecule is COc1cccc(N2C(=O)c3cccnc3[C@@H]2Nc2cccc(Br)c2)c1. The van der Waals surface area contributed by atoms with Gasteiger partial charge in [-0.25, -0.2) is 0 Å². The van der Waals surface area contributed by atoms with Crippen LogP contribution in [0.1, 0.15) is 22.2 Å². The lowest BCUT2D eigenvalue weighted by atomic mass is 10.2. The van der Waals surface area contributed by atoms with Crippen molar-refractivity contribution in [1.29, 1.82) is 0 Å². The predicted molar refractivity (Wildman–Crippen MR) is 105 cm³/mol. The lowest BCUT2D eigenvalue weighted by Crippen LogP contribution is -2.32. The summed E-state index contributed by atoms with van der Waals surface area (Å²) in [6, 6.07) is 18.9. The molecule has 130 valence electrons. The molecule has 1 atom stereocenters. The van der Waals surface area contributed by atoms with Crippen LogP contribution < -0.4 is 15.0 Å². The smallest absolute Gasteiger partial charge is 0.262 e. The van der Waals surface area contributed by atoms with Crippen LogP contribution in [0.4, 0.5) is 11.4 Å². The van der Waals surface area contributed by atoms with Gasteiger partial charge in [-0.15, -0.1) is 0 Å². The van der Waals surface area contributed by atoms with E-state index in [1.165, 1.54) is 0 Å². The molecule has 0 saturated carbocycles. The van der Waals surface area contributed by atoms with Crippen molar-refractivity contribution in [3.8, 4) is 5.75 Å².